The van der Waals surface area contributed by atoms with Crippen molar-refractivity contribution in [2.24, 2.45) is 0 Å². The van der Waals surface area contributed by atoms with E-state index in [4.69, 9.17) is 14.2 Å². The SMILES string of the molecule is CCOCCOCCOc1ccc(CCC[C@@H](C(=O)O)N2CCN(C(CO)C(=O)O)CCN(C(CO)C(=O)O)CCN(C(CO)C(=O)O)CC2)cc1.[Gd]. The summed E-state index contributed by atoms with van der Waals surface area (Å²) in [4.78, 5) is 54.6. The van der Waals surface area contributed by atoms with Gasteiger partial charge in [-0.2, -0.15) is 0 Å². The van der Waals surface area contributed by atoms with E-state index in [9.17, 15) is 54.9 Å². The number of ether oxygens (including phenoxy) is 3. The molecule has 0 amide bonds. The average molecular weight is 902 g/mol. The second-order valence-corrected chi connectivity index (χ2v) is 12.3. The maximum Gasteiger partial charge on any atom is 0.323 e. The van der Waals surface area contributed by atoms with Crippen molar-refractivity contribution >= 4 is 23.9 Å². The monoisotopic (exact) mass is 902 g/mol. The number of hydrogen-bond donors (Lipinski definition) is 7. The smallest absolute Gasteiger partial charge is 0.323 e. The third kappa shape index (κ3) is 17.5. The Bertz CT molecular complexity index is 1180. The molecule has 1 saturated heterocycles. The molecule has 1 heterocycles. The van der Waals surface area contributed by atoms with Gasteiger partial charge in [-0.25, -0.2) is 0 Å². The van der Waals surface area contributed by atoms with E-state index in [1.807, 2.05) is 31.2 Å². The van der Waals surface area contributed by atoms with Gasteiger partial charge in [0.05, 0.1) is 39.6 Å². The number of aliphatic hydroxyl groups excluding tert-OH is 3. The number of carbonyl (C=O) groups is 4. The third-order valence-corrected chi connectivity index (χ3v) is 9.06. The predicted octanol–water partition coefficient (Wildman–Crippen LogP) is -1.55. The summed E-state index contributed by atoms with van der Waals surface area (Å²) in [6, 6.07) is 2.29. The topological polar surface area (TPSA) is 251 Å². The van der Waals surface area contributed by atoms with Gasteiger partial charge >= 0.3 is 23.9 Å². The van der Waals surface area contributed by atoms with Crippen molar-refractivity contribution < 1.29 is 109 Å². The Morgan fingerprint density at radius 2 is 0.943 bits per heavy atom. The minimum Gasteiger partial charge on any atom is -0.491 e. The number of aryl methyl sites for hydroxylation is 1. The first-order valence-corrected chi connectivity index (χ1v) is 17.5. The Labute approximate surface area is 341 Å². The van der Waals surface area contributed by atoms with Crippen LogP contribution in [0.5, 0.6) is 5.75 Å². The molecule has 18 nitrogen and oxygen atoms in total. The van der Waals surface area contributed by atoms with Crippen molar-refractivity contribution in [2.45, 2.75) is 50.4 Å². The van der Waals surface area contributed by atoms with E-state index in [2.05, 4.69) is 0 Å². The number of rotatable bonds is 23. The van der Waals surface area contributed by atoms with Crippen LogP contribution in [0.2, 0.25) is 0 Å². The minimum atomic E-state index is -1.38. The molecule has 0 radical (unpaired) electrons. The molecule has 1 aromatic carbocycles. The van der Waals surface area contributed by atoms with Crippen LogP contribution in [0.15, 0.2) is 24.3 Å². The second kappa shape index (κ2) is 27.4. The van der Waals surface area contributed by atoms with Crippen LogP contribution in [0, 0.1) is 39.9 Å². The van der Waals surface area contributed by atoms with Crippen molar-refractivity contribution in [1.29, 1.82) is 0 Å². The van der Waals surface area contributed by atoms with Crippen molar-refractivity contribution in [3.05, 3.63) is 29.8 Å². The Balaban J connectivity index is 0.0000140. The predicted molar refractivity (Wildman–Crippen MR) is 185 cm³/mol. The first-order valence-electron chi connectivity index (χ1n) is 17.5. The largest absolute Gasteiger partial charge is 0.491 e. The van der Waals surface area contributed by atoms with Crippen molar-refractivity contribution in [2.75, 3.05) is 105 Å². The van der Waals surface area contributed by atoms with E-state index >= 15 is 0 Å². The Morgan fingerprint density at radius 3 is 1.30 bits per heavy atom. The standard InChI is InChI=1S/C34H56N4O14.Gd/c1-2-50-18-19-51-20-21-52-26-8-6-25(7-9-26)4-3-5-27(31(42)43)35-10-12-36(28(22-39)32(44)45)14-16-38(30(24-41)34(48)49)17-15-37(13-11-35)29(23-40)33(46)47;/h6-9,27-30,39-41H,2-5,10-24H2,1H3,(H,42,43)(H,44,45)(H,46,47)(H,48,49);/t27-,28?,29?,30?;/m0./s1. The fraction of sp³-hybridized carbons (Fsp3) is 0.706. The van der Waals surface area contributed by atoms with Crippen LogP contribution >= 0.6 is 0 Å². The van der Waals surface area contributed by atoms with E-state index in [-0.39, 0.29) is 98.7 Å². The first kappa shape index (κ1) is 48.9. The van der Waals surface area contributed by atoms with E-state index < -0.39 is 67.9 Å². The molecule has 4 atom stereocenters. The maximum atomic E-state index is 12.7. The summed E-state index contributed by atoms with van der Waals surface area (Å²) in [6.45, 7) is 1.81. The van der Waals surface area contributed by atoms with Gasteiger partial charge in [-0.05, 0) is 43.9 Å². The molecule has 19 heteroatoms. The number of benzene rings is 1. The summed E-state index contributed by atoms with van der Waals surface area (Å²) < 4.78 is 16.4. The molecular weight excluding hydrogens is 846 g/mol. The number of carboxylic acids is 4. The maximum absolute atomic E-state index is 12.7. The molecule has 0 aliphatic carbocycles. The Hall–Kier alpha value is -2.14. The molecule has 53 heavy (non-hydrogen) atoms. The summed E-state index contributed by atoms with van der Waals surface area (Å²) in [5, 5.41) is 69.5. The minimum absolute atomic E-state index is 0. The molecular formula is C34H56GdN4O14. The number of hydrogen-bond acceptors (Lipinski definition) is 14. The summed E-state index contributed by atoms with van der Waals surface area (Å²) in [7, 11) is 0. The summed E-state index contributed by atoms with van der Waals surface area (Å²) in [6.07, 6.45) is 1.24. The van der Waals surface area contributed by atoms with Gasteiger partial charge in [-0.15, -0.1) is 0 Å². The van der Waals surface area contributed by atoms with Crippen molar-refractivity contribution in [3.8, 4) is 5.75 Å². The molecule has 7 N–H and O–H groups in total. The van der Waals surface area contributed by atoms with E-state index in [0.29, 0.717) is 51.6 Å². The second-order valence-electron chi connectivity index (χ2n) is 12.3. The van der Waals surface area contributed by atoms with Gasteiger partial charge < -0.3 is 50.0 Å². The van der Waals surface area contributed by atoms with Gasteiger partial charge in [0.1, 0.15) is 36.5 Å². The summed E-state index contributed by atoms with van der Waals surface area (Å²) in [5.41, 5.74) is 0.960. The summed E-state index contributed by atoms with van der Waals surface area (Å²) >= 11 is 0. The Morgan fingerprint density at radius 1 is 0.585 bits per heavy atom. The van der Waals surface area contributed by atoms with Gasteiger partial charge in [-0.3, -0.25) is 38.8 Å². The van der Waals surface area contributed by atoms with Crippen LogP contribution in [0.25, 0.3) is 0 Å². The zero-order valence-electron chi connectivity index (χ0n) is 30.2. The number of aliphatic hydroxyl groups is 3. The van der Waals surface area contributed by atoms with Crippen LogP contribution in [-0.4, -0.2) is 209 Å². The van der Waals surface area contributed by atoms with Crippen LogP contribution in [0.1, 0.15) is 25.3 Å². The van der Waals surface area contributed by atoms with Gasteiger partial charge in [0.2, 0.25) is 0 Å². The molecule has 2 rings (SSSR count). The molecule has 1 aliphatic heterocycles. The van der Waals surface area contributed by atoms with Gasteiger partial charge in [0.15, 0.2) is 0 Å². The van der Waals surface area contributed by atoms with Gasteiger partial charge in [0.25, 0.3) is 0 Å². The normalized spacial score (nSPS) is 18.0. The molecule has 0 saturated carbocycles. The van der Waals surface area contributed by atoms with Gasteiger partial charge in [0, 0.05) is 98.9 Å². The van der Waals surface area contributed by atoms with Crippen LogP contribution in [0.3, 0.4) is 0 Å². The zero-order chi connectivity index (χ0) is 38.5. The van der Waals surface area contributed by atoms with Crippen LogP contribution in [0.4, 0.5) is 0 Å². The number of nitrogens with zero attached hydrogens (tertiary/aromatic N) is 4. The molecule has 3 unspecified atom stereocenters. The number of aliphatic carboxylic acids is 4. The third-order valence-electron chi connectivity index (χ3n) is 9.06. The number of carboxylic acid groups (broad SMARTS) is 4. The summed E-state index contributed by atoms with van der Waals surface area (Å²) in [5.74, 6) is -4.43. The van der Waals surface area contributed by atoms with E-state index in [1.165, 1.54) is 14.7 Å². The molecule has 1 aromatic rings. The molecule has 0 bridgehead atoms. The molecule has 1 fully saturated rings. The van der Waals surface area contributed by atoms with Crippen molar-refractivity contribution in [1.82, 2.24) is 19.6 Å². The van der Waals surface area contributed by atoms with Gasteiger partial charge in [-0.1, -0.05) is 12.1 Å². The van der Waals surface area contributed by atoms with Crippen molar-refractivity contribution in [3.63, 3.8) is 0 Å². The molecule has 304 valence electrons. The quantitative estimate of drug-likeness (QED) is 0.0615. The van der Waals surface area contributed by atoms with Crippen LogP contribution < -0.4 is 4.74 Å². The molecule has 0 aromatic heterocycles. The van der Waals surface area contributed by atoms with E-state index in [1.54, 1.807) is 4.90 Å². The Kier molecular flexibility index (Phi) is 25.3. The molecule has 1 aliphatic rings. The van der Waals surface area contributed by atoms with Crippen LogP contribution in [-0.2, 0) is 35.1 Å². The fourth-order valence-corrected chi connectivity index (χ4v) is 6.07. The van der Waals surface area contributed by atoms with E-state index in [0.717, 1.165) is 5.56 Å². The fourth-order valence-electron chi connectivity index (χ4n) is 6.07. The first-order chi connectivity index (χ1) is 25.0. The average Bonchev–Trinajstić information content (AvgIpc) is 3.10. The zero-order valence-corrected chi connectivity index (χ0v) is 32.5. The molecule has 0 spiro atoms.